The Morgan fingerprint density at radius 1 is 1.24 bits per heavy atom. The van der Waals surface area contributed by atoms with Gasteiger partial charge in [0.25, 0.3) is 0 Å². The van der Waals surface area contributed by atoms with Crippen LogP contribution in [-0.2, 0) is 0 Å². The number of rotatable bonds is 3. The monoisotopic (exact) mass is 353 g/mol. The highest BCUT2D eigenvalue weighted by Gasteiger charge is 2.22. The van der Waals surface area contributed by atoms with E-state index >= 15 is 0 Å². The van der Waals surface area contributed by atoms with Crippen LogP contribution in [0.1, 0.15) is 30.4 Å². The maximum Gasteiger partial charge on any atom is 0.145 e. The van der Waals surface area contributed by atoms with E-state index in [0.29, 0.717) is 6.04 Å². The maximum absolute atomic E-state index is 4.59. The van der Waals surface area contributed by atoms with Crippen LogP contribution in [-0.4, -0.2) is 43.8 Å². The summed E-state index contributed by atoms with van der Waals surface area (Å²) >= 11 is 1.85. The number of aromatic amines is 2. The smallest absolute Gasteiger partial charge is 0.145 e. The molecule has 0 radical (unpaired) electrons. The van der Waals surface area contributed by atoms with Crippen LogP contribution < -0.4 is 10.2 Å². The van der Waals surface area contributed by atoms with Crippen molar-refractivity contribution in [2.75, 3.05) is 23.7 Å². The van der Waals surface area contributed by atoms with E-state index in [4.69, 9.17) is 0 Å². The van der Waals surface area contributed by atoms with Crippen molar-refractivity contribution in [3.05, 3.63) is 42.5 Å². The van der Waals surface area contributed by atoms with Crippen LogP contribution in [0.2, 0.25) is 0 Å². The minimum atomic E-state index is 0.361. The van der Waals surface area contributed by atoms with E-state index in [9.17, 15) is 0 Å². The molecule has 2 aliphatic rings. The summed E-state index contributed by atoms with van der Waals surface area (Å²) in [5.41, 5.74) is 1.95. The highest BCUT2D eigenvalue weighted by molar-refractivity contribution is 8.08. The van der Waals surface area contributed by atoms with Gasteiger partial charge in [0.1, 0.15) is 23.6 Å². The summed E-state index contributed by atoms with van der Waals surface area (Å²) < 4.78 is 0. The lowest BCUT2D eigenvalue weighted by molar-refractivity contribution is 0.612. The van der Waals surface area contributed by atoms with Crippen LogP contribution in [0.4, 0.5) is 5.82 Å². The highest BCUT2D eigenvalue weighted by atomic mass is 32.2. The van der Waals surface area contributed by atoms with E-state index in [1.165, 1.54) is 11.3 Å². The first-order valence-electron chi connectivity index (χ1n) is 8.56. The molecule has 7 nitrogen and oxygen atoms in total. The van der Waals surface area contributed by atoms with Crippen molar-refractivity contribution in [1.29, 1.82) is 0 Å². The summed E-state index contributed by atoms with van der Waals surface area (Å²) in [6, 6.07) is 2.39. The van der Waals surface area contributed by atoms with Crippen molar-refractivity contribution >= 4 is 33.5 Å². The van der Waals surface area contributed by atoms with Gasteiger partial charge in [-0.2, -0.15) is 0 Å². The van der Waals surface area contributed by atoms with Gasteiger partial charge in [0.05, 0.1) is 23.3 Å². The molecule has 1 saturated heterocycles. The van der Waals surface area contributed by atoms with Gasteiger partial charge in [0, 0.05) is 29.6 Å². The molecule has 2 aliphatic heterocycles. The predicted octanol–water partition coefficient (Wildman–Crippen LogP) is 2.66. The number of hydrogen-bond donors (Lipinski definition) is 3. The molecular weight excluding hydrogens is 334 g/mol. The second kappa shape index (κ2) is 6.20. The molecular formula is C17H19N7S. The first-order chi connectivity index (χ1) is 12.4. The molecule has 25 heavy (non-hydrogen) atoms. The Labute approximate surface area is 149 Å². The molecule has 0 amide bonds. The van der Waals surface area contributed by atoms with Gasteiger partial charge in [-0.15, -0.1) is 11.8 Å². The second-order valence-corrected chi connectivity index (χ2v) is 7.44. The third-order valence-corrected chi connectivity index (χ3v) is 5.74. The van der Waals surface area contributed by atoms with E-state index in [2.05, 4.69) is 41.3 Å². The molecule has 1 fully saturated rings. The SMILES string of the molecule is C1=C(c2cnc(C3CCCN3)[nH]2)SCCN1c1ncnc2[nH]ccc12. The second-order valence-electron chi connectivity index (χ2n) is 6.30. The zero-order valence-corrected chi connectivity index (χ0v) is 14.5. The van der Waals surface area contributed by atoms with Crippen LogP contribution in [0, 0.1) is 0 Å². The molecule has 1 atom stereocenters. The summed E-state index contributed by atoms with van der Waals surface area (Å²) in [6.45, 7) is 2.00. The molecule has 0 aromatic carbocycles. The lowest BCUT2D eigenvalue weighted by Gasteiger charge is -2.25. The molecule has 0 aliphatic carbocycles. The van der Waals surface area contributed by atoms with Gasteiger partial charge >= 0.3 is 0 Å². The van der Waals surface area contributed by atoms with Crippen molar-refractivity contribution in [3.63, 3.8) is 0 Å². The Kier molecular flexibility index (Phi) is 3.71. The molecule has 3 N–H and O–H groups in total. The highest BCUT2D eigenvalue weighted by Crippen LogP contribution is 2.34. The third kappa shape index (κ3) is 2.71. The molecule has 5 rings (SSSR count). The van der Waals surface area contributed by atoms with Crippen molar-refractivity contribution in [2.45, 2.75) is 18.9 Å². The quantitative estimate of drug-likeness (QED) is 0.671. The number of aromatic nitrogens is 5. The van der Waals surface area contributed by atoms with Crippen LogP contribution in [0.3, 0.4) is 0 Å². The Morgan fingerprint density at radius 2 is 2.24 bits per heavy atom. The lowest BCUT2D eigenvalue weighted by atomic mass is 10.2. The average Bonchev–Trinajstić information content (AvgIpc) is 3.41. The van der Waals surface area contributed by atoms with Crippen molar-refractivity contribution in [3.8, 4) is 0 Å². The van der Waals surface area contributed by atoms with Gasteiger partial charge in [-0.3, -0.25) is 0 Å². The van der Waals surface area contributed by atoms with Crippen LogP contribution in [0.5, 0.6) is 0 Å². The van der Waals surface area contributed by atoms with Crippen LogP contribution in [0.25, 0.3) is 15.9 Å². The third-order valence-electron chi connectivity index (χ3n) is 4.72. The van der Waals surface area contributed by atoms with Crippen LogP contribution >= 0.6 is 11.8 Å². The lowest BCUT2D eigenvalue weighted by Crippen LogP contribution is -2.24. The number of nitrogens with one attached hydrogen (secondary N) is 3. The molecule has 1 unspecified atom stereocenters. The minimum Gasteiger partial charge on any atom is -0.346 e. The Bertz CT molecular complexity index is 922. The Morgan fingerprint density at radius 3 is 3.16 bits per heavy atom. The fourth-order valence-corrected chi connectivity index (χ4v) is 4.42. The largest absolute Gasteiger partial charge is 0.346 e. The van der Waals surface area contributed by atoms with E-state index in [-0.39, 0.29) is 0 Å². The number of imidazole rings is 1. The zero-order valence-electron chi connectivity index (χ0n) is 13.7. The van der Waals surface area contributed by atoms with E-state index < -0.39 is 0 Å². The molecule has 5 heterocycles. The molecule has 3 aromatic rings. The van der Waals surface area contributed by atoms with Crippen LogP contribution in [0.15, 0.2) is 31.0 Å². The minimum absolute atomic E-state index is 0.361. The molecule has 8 heteroatoms. The molecule has 128 valence electrons. The summed E-state index contributed by atoms with van der Waals surface area (Å²) in [4.78, 5) is 23.4. The van der Waals surface area contributed by atoms with E-state index in [1.54, 1.807) is 6.33 Å². The number of H-pyrrole nitrogens is 2. The fourth-order valence-electron chi connectivity index (χ4n) is 3.46. The number of anilines is 1. The van der Waals surface area contributed by atoms with Crippen molar-refractivity contribution < 1.29 is 0 Å². The van der Waals surface area contributed by atoms with E-state index in [1.807, 2.05) is 30.2 Å². The zero-order chi connectivity index (χ0) is 16.6. The van der Waals surface area contributed by atoms with Gasteiger partial charge in [0.15, 0.2) is 0 Å². The molecule has 0 bridgehead atoms. The Balaban J connectivity index is 1.47. The van der Waals surface area contributed by atoms with Gasteiger partial charge in [0.2, 0.25) is 0 Å². The normalized spacial score (nSPS) is 21.0. The number of thioether (sulfide) groups is 1. The molecule has 0 saturated carbocycles. The first kappa shape index (κ1) is 15.0. The maximum atomic E-state index is 4.59. The number of fused-ring (bicyclic) bond motifs is 1. The number of hydrogen-bond acceptors (Lipinski definition) is 6. The standard InChI is InChI=1S/C17H19N7S/c1-2-12(18-4-1)16-20-8-13(23-16)14-9-24(6-7-25-14)17-11-3-5-19-15(11)21-10-22-17/h3,5,8-10,12,18H,1-2,4,6-7H2,(H,20,23)(H,19,21,22). The Hall–Kier alpha value is -2.32. The van der Waals surface area contributed by atoms with Gasteiger partial charge in [-0.25, -0.2) is 15.0 Å². The van der Waals surface area contributed by atoms with Gasteiger partial charge in [-0.05, 0) is 25.5 Å². The molecule has 0 spiro atoms. The van der Waals surface area contributed by atoms with Gasteiger partial charge < -0.3 is 20.2 Å². The first-order valence-corrected chi connectivity index (χ1v) is 9.55. The topological polar surface area (TPSA) is 85.5 Å². The van der Waals surface area contributed by atoms with Gasteiger partial charge in [-0.1, -0.05) is 0 Å². The predicted molar refractivity (Wildman–Crippen MR) is 100 cm³/mol. The summed E-state index contributed by atoms with van der Waals surface area (Å²) in [7, 11) is 0. The summed E-state index contributed by atoms with van der Waals surface area (Å²) in [5, 5.41) is 4.54. The summed E-state index contributed by atoms with van der Waals surface area (Å²) in [6.07, 6.45) is 10.0. The van der Waals surface area contributed by atoms with Crippen molar-refractivity contribution in [2.24, 2.45) is 0 Å². The number of nitrogens with zero attached hydrogens (tertiary/aromatic N) is 4. The fraction of sp³-hybridized carbons (Fsp3) is 0.353. The summed E-state index contributed by atoms with van der Waals surface area (Å²) in [5.74, 6) is 3.00. The van der Waals surface area contributed by atoms with E-state index in [0.717, 1.165) is 53.6 Å². The van der Waals surface area contributed by atoms with Crippen molar-refractivity contribution in [1.82, 2.24) is 30.2 Å². The molecule has 3 aromatic heterocycles. The average molecular weight is 353 g/mol.